The van der Waals surface area contributed by atoms with E-state index in [1.54, 1.807) is 0 Å². The topological polar surface area (TPSA) is 57.2 Å². The molecule has 0 heterocycles. The van der Waals surface area contributed by atoms with E-state index in [9.17, 15) is 52.5 Å². The number of halogens is 9. The Morgan fingerprint density at radius 1 is 0.595 bits per heavy atom. The maximum atomic E-state index is 12.2. The molecular formula is C28H25F9O3S2. The molecule has 0 radical (unpaired) electrons. The third-order valence-electron chi connectivity index (χ3n) is 6.58. The summed E-state index contributed by atoms with van der Waals surface area (Å²) in [6.07, 6.45) is -0.231. The van der Waals surface area contributed by atoms with E-state index in [4.69, 9.17) is 0 Å². The number of alkyl halides is 9. The SMILES string of the molecule is O=S(=O)([O-])C(F)(F)C(F)(F)C(F)(F)C(F)(F)F.c1ccc([S+](c2ccccc2)c2ccc(C3CCCCC3)cc2)cc1. The standard InChI is InChI=1S/C24H25S.C4HF9O3S/c1-4-10-20(11-5-1)21-16-18-24(19-17-21)25(22-12-6-2-7-13-22)23-14-8-3-9-15-23;5-1(6,3(9,10)11)2(7,8)4(12,13)17(14,15)16/h2-3,6-9,12-20H,1,4-5,10-11H2;(H,14,15,16)/q+1;/p-1. The molecule has 0 aromatic heterocycles. The molecule has 1 aliphatic rings. The molecule has 0 atom stereocenters. The Morgan fingerprint density at radius 2 is 1.00 bits per heavy atom. The van der Waals surface area contributed by atoms with Gasteiger partial charge in [0.15, 0.2) is 24.8 Å². The zero-order valence-electron chi connectivity index (χ0n) is 21.6. The maximum absolute atomic E-state index is 12.2. The highest BCUT2D eigenvalue weighted by Crippen LogP contribution is 2.54. The van der Waals surface area contributed by atoms with Gasteiger partial charge < -0.3 is 4.55 Å². The predicted molar refractivity (Wildman–Crippen MR) is 138 cm³/mol. The van der Waals surface area contributed by atoms with Gasteiger partial charge in [-0.2, -0.15) is 39.5 Å². The van der Waals surface area contributed by atoms with E-state index in [0.717, 1.165) is 5.92 Å². The van der Waals surface area contributed by atoms with Crippen LogP contribution in [0.1, 0.15) is 43.6 Å². The molecule has 0 bridgehead atoms. The quantitative estimate of drug-likeness (QED) is 0.147. The third kappa shape index (κ3) is 7.08. The van der Waals surface area contributed by atoms with Crippen molar-refractivity contribution in [3.63, 3.8) is 0 Å². The van der Waals surface area contributed by atoms with E-state index in [1.807, 2.05) is 0 Å². The summed E-state index contributed by atoms with van der Waals surface area (Å²) >= 11 is 0. The molecule has 0 spiro atoms. The van der Waals surface area contributed by atoms with Crippen LogP contribution in [0.15, 0.2) is 99.6 Å². The average Bonchev–Trinajstić information content (AvgIpc) is 2.94. The van der Waals surface area contributed by atoms with E-state index < -0.39 is 33.4 Å². The van der Waals surface area contributed by atoms with Crippen LogP contribution < -0.4 is 0 Å². The molecule has 0 amide bonds. The van der Waals surface area contributed by atoms with E-state index in [-0.39, 0.29) is 10.9 Å². The van der Waals surface area contributed by atoms with Crippen molar-refractivity contribution in [3.05, 3.63) is 90.5 Å². The van der Waals surface area contributed by atoms with E-state index in [2.05, 4.69) is 84.9 Å². The lowest BCUT2D eigenvalue weighted by Crippen LogP contribution is -2.63. The van der Waals surface area contributed by atoms with Crippen molar-refractivity contribution in [2.24, 2.45) is 0 Å². The van der Waals surface area contributed by atoms with Gasteiger partial charge in [-0.1, -0.05) is 67.8 Å². The summed E-state index contributed by atoms with van der Waals surface area (Å²) in [5.41, 5.74) is 1.54. The summed E-state index contributed by atoms with van der Waals surface area (Å²) in [7, 11) is -7.44. The summed E-state index contributed by atoms with van der Waals surface area (Å²) in [6.45, 7) is 0. The largest absolute Gasteiger partial charge is 0.743 e. The van der Waals surface area contributed by atoms with Crippen LogP contribution in [0.25, 0.3) is 0 Å². The molecule has 0 aliphatic heterocycles. The van der Waals surface area contributed by atoms with E-state index in [0.29, 0.717) is 0 Å². The second-order valence-corrected chi connectivity index (χ2v) is 12.9. The molecule has 230 valence electrons. The summed E-state index contributed by atoms with van der Waals surface area (Å²) in [6, 6.07) is 31.3. The Bertz CT molecular complexity index is 1350. The molecule has 3 nitrogen and oxygen atoms in total. The van der Waals surface area contributed by atoms with Gasteiger partial charge in [-0.05, 0) is 60.7 Å². The predicted octanol–water partition coefficient (Wildman–Crippen LogP) is 8.79. The fraction of sp³-hybridized carbons (Fsp3) is 0.357. The van der Waals surface area contributed by atoms with Gasteiger partial charge in [0.2, 0.25) is 0 Å². The molecule has 1 fully saturated rings. The van der Waals surface area contributed by atoms with Gasteiger partial charge in [-0.15, -0.1) is 0 Å². The first-order valence-electron chi connectivity index (χ1n) is 12.5. The zero-order chi connectivity index (χ0) is 31.4. The highest BCUT2D eigenvalue weighted by atomic mass is 32.2. The normalized spacial score (nSPS) is 15.7. The van der Waals surface area contributed by atoms with Crippen LogP contribution in [0, 0.1) is 0 Å². The maximum Gasteiger partial charge on any atom is 0.460 e. The third-order valence-corrected chi connectivity index (χ3v) is 9.70. The molecule has 1 aliphatic carbocycles. The van der Waals surface area contributed by atoms with Crippen LogP contribution in [0.4, 0.5) is 39.5 Å². The Morgan fingerprint density at radius 3 is 1.38 bits per heavy atom. The Labute approximate surface area is 239 Å². The van der Waals surface area contributed by atoms with Gasteiger partial charge in [0, 0.05) is 0 Å². The van der Waals surface area contributed by atoms with Crippen LogP contribution in [0.3, 0.4) is 0 Å². The van der Waals surface area contributed by atoms with Crippen LogP contribution >= 0.6 is 0 Å². The van der Waals surface area contributed by atoms with Crippen molar-refractivity contribution in [2.45, 2.75) is 76.0 Å². The van der Waals surface area contributed by atoms with Crippen molar-refractivity contribution in [3.8, 4) is 0 Å². The van der Waals surface area contributed by atoms with Crippen molar-refractivity contribution in [2.75, 3.05) is 0 Å². The van der Waals surface area contributed by atoms with Gasteiger partial charge >= 0.3 is 23.3 Å². The second kappa shape index (κ2) is 12.9. The van der Waals surface area contributed by atoms with Gasteiger partial charge in [-0.25, -0.2) is 8.42 Å². The monoisotopic (exact) mass is 644 g/mol. The lowest BCUT2D eigenvalue weighted by atomic mass is 9.84. The summed E-state index contributed by atoms with van der Waals surface area (Å²) in [4.78, 5) is 4.19. The highest BCUT2D eigenvalue weighted by molar-refractivity contribution is 7.97. The van der Waals surface area contributed by atoms with Crippen molar-refractivity contribution in [1.82, 2.24) is 0 Å². The smallest absolute Gasteiger partial charge is 0.460 e. The Balaban J connectivity index is 0.000000252. The molecule has 3 aromatic carbocycles. The van der Waals surface area contributed by atoms with Crippen molar-refractivity contribution >= 4 is 21.0 Å². The van der Waals surface area contributed by atoms with Crippen molar-refractivity contribution < 1.29 is 52.5 Å². The first kappa shape index (κ1) is 33.8. The van der Waals surface area contributed by atoms with E-state index >= 15 is 0 Å². The molecule has 0 saturated heterocycles. The summed E-state index contributed by atoms with van der Waals surface area (Å²) < 4.78 is 135. The molecule has 1 saturated carbocycles. The van der Waals surface area contributed by atoms with Crippen LogP contribution in [0.5, 0.6) is 0 Å². The number of benzene rings is 3. The summed E-state index contributed by atoms with van der Waals surface area (Å²) in [5.74, 6) is -14.0. The van der Waals surface area contributed by atoms with Crippen molar-refractivity contribution in [1.29, 1.82) is 0 Å². The minimum atomic E-state index is -7.43. The fourth-order valence-corrected chi connectivity index (χ4v) is 6.88. The summed E-state index contributed by atoms with van der Waals surface area (Å²) in [5, 5.41) is -7.11. The van der Waals surface area contributed by atoms with Gasteiger partial charge in [-0.3, -0.25) is 0 Å². The van der Waals surface area contributed by atoms with Crippen LogP contribution in [-0.2, 0) is 21.0 Å². The molecular weight excluding hydrogens is 619 g/mol. The van der Waals surface area contributed by atoms with E-state index in [1.165, 1.54) is 52.4 Å². The minimum Gasteiger partial charge on any atom is -0.743 e. The number of hydrogen-bond acceptors (Lipinski definition) is 3. The zero-order valence-corrected chi connectivity index (χ0v) is 23.3. The first-order chi connectivity index (χ1) is 19.4. The number of rotatable bonds is 7. The molecule has 3 aromatic rings. The Hall–Kier alpha value is -2.71. The molecule has 14 heteroatoms. The van der Waals surface area contributed by atoms with Gasteiger partial charge in [0.05, 0.1) is 10.9 Å². The fourth-order valence-electron chi connectivity index (χ4n) is 4.35. The average molecular weight is 645 g/mol. The van der Waals surface area contributed by atoms with Gasteiger partial charge in [0.1, 0.15) is 0 Å². The first-order valence-corrected chi connectivity index (χ1v) is 15.1. The Kier molecular flexibility index (Phi) is 10.4. The molecule has 42 heavy (non-hydrogen) atoms. The highest BCUT2D eigenvalue weighted by Gasteiger charge is 2.83. The van der Waals surface area contributed by atoms with Crippen LogP contribution in [-0.4, -0.2) is 36.2 Å². The number of hydrogen-bond donors (Lipinski definition) is 0. The lowest BCUT2D eigenvalue weighted by Gasteiger charge is -2.34. The molecule has 0 N–H and O–H groups in total. The second-order valence-electron chi connectivity index (χ2n) is 9.45. The lowest BCUT2D eigenvalue weighted by molar-refractivity contribution is -0.382. The molecule has 4 rings (SSSR count). The van der Waals surface area contributed by atoms with Gasteiger partial charge in [0.25, 0.3) is 0 Å². The molecule has 0 unspecified atom stereocenters. The van der Waals surface area contributed by atoms with Crippen LogP contribution in [0.2, 0.25) is 0 Å². The minimum absolute atomic E-state index is 0.0278.